The summed E-state index contributed by atoms with van der Waals surface area (Å²) in [5.41, 5.74) is 1.15. The number of allylic oxidation sites excluding steroid dienone is 1. The van der Waals surface area contributed by atoms with Crippen molar-refractivity contribution in [2.75, 3.05) is 39.3 Å². The first-order valence-electron chi connectivity index (χ1n) is 7.59. The lowest BCUT2D eigenvalue weighted by Gasteiger charge is -2.48. The standard InChI is InChI=1S/C13H21N3O.C3H8/c1-4-13(17)16-9-12(10-16)15-7-5-14(6-8-15)11(2)3;1-3-2/h4,12H,1-2,5-10H2,3H3;3H2,1-2H3. The van der Waals surface area contributed by atoms with Gasteiger partial charge in [-0.05, 0) is 13.0 Å². The molecule has 0 spiro atoms. The van der Waals surface area contributed by atoms with Crippen LogP contribution in [0.3, 0.4) is 0 Å². The molecule has 2 aliphatic heterocycles. The van der Waals surface area contributed by atoms with Crippen LogP contribution < -0.4 is 0 Å². The van der Waals surface area contributed by atoms with Gasteiger partial charge in [-0.25, -0.2) is 0 Å². The Bertz CT molecular complexity index is 340. The second-order valence-corrected chi connectivity index (χ2v) is 5.57. The molecule has 2 saturated heterocycles. The van der Waals surface area contributed by atoms with Gasteiger partial charge in [-0.3, -0.25) is 9.69 Å². The molecule has 0 N–H and O–H groups in total. The Kier molecular flexibility index (Phi) is 6.79. The van der Waals surface area contributed by atoms with Crippen LogP contribution in [0.5, 0.6) is 0 Å². The minimum Gasteiger partial charge on any atom is -0.373 e. The van der Waals surface area contributed by atoms with E-state index >= 15 is 0 Å². The number of carbonyl (C=O) groups excluding carboxylic acids is 1. The van der Waals surface area contributed by atoms with Gasteiger partial charge in [-0.1, -0.05) is 33.4 Å². The van der Waals surface area contributed by atoms with Gasteiger partial charge in [0.15, 0.2) is 0 Å². The fourth-order valence-electron chi connectivity index (χ4n) is 2.46. The highest BCUT2D eigenvalue weighted by atomic mass is 16.2. The maximum absolute atomic E-state index is 11.3. The van der Waals surface area contributed by atoms with Gasteiger partial charge >= 0.3 is 0 Å². The minimum absolute atomic E-state index is 0.0572. The maximum atomic E-state index is 11.3. The van der Waals surface area contributed by atoms with Crippen LogP contribution in [-0.4, -0.2) is 65.9 Å². The van der Waals surface area contributed by atoms with E-state index < -0.39 is 0 Å². The van der Waals surface area contributed by atoms with Gasteiger partial charge in [0.1, 0.15) is 0 Å². The van der Waals surface area contributed by atoms with Crippen LogP contribution >= 0.6 is 0 Å². The van der Waals surface area contributed by atoms with E-state index in [0.717, 1.165) is 45.0 Å². The Hall–Kier alpha value is -1.29. The summed E-state index contributed by atoms with van der Waals surface area (Å²) in [6.45, 7) is 19.8. The first-order valence-corrected chi connectivity index (χ1v) is 7.59. The Balaban J connectivity index is 0.000000612. The Morgan fingerprint density at radius 1 is 1.15 bits per heavy atom. The molecular weight excluding hydrogens is 250 g/mol. The Morgan fingerprint density at radius 3 is 2.05 bits per heavy atom. The number of carbonyl (C=O) groups is 1. The molecule has 0 atom stereocenters. The predicted molar refractivity (Wildman–Crippen MR) is 84.5 cm³/mol. The average Bonchev–Trinajstić information content (AvgIpc) is 2.38. The zero-order chi connectivity index (χ0) is 15.1. The zero-order valence-electron chi connectivity index (χ0n) is 13.3. The monoisotopic (exact) mass is 279 g/mol. The number of piperazine rings is 1. The van der Waals surface area contributed by atoms with Crippen molar-refractivity contribution in [2.24, 2.45) is 0 Å². The van der Waals surface area contributed by atoms with Gasteiger partial charge in [0.05, 0.1) is 0 Å². The summed E-state index contributed by atoms with van der Waals surface area (Å²) in [6.07, 6.45) is 2.65. The third kappa shape index (κ3) is 4.37. The maximum Gasteiger partial charge on any atom is 0.246 e. The molecule has 0 aromatic heterocycles. The van der Waals surface area contributed by atoms with Gasteiger partial charge in [0.2, 0.25) is 5.91 Å². The molecule has 2 rings (SSSR count). The van der Waals surface area contributed by atoms with E-state index in [1.807, 2.05) is 4.90 Å². The normalized spacial score (nSPS) is 19.8. The summed E-state index contributed by atoms with van der Waals surface area (Å²) in [4.78, 5) is 18.0. The second kappa shape index (κ2) is 8.10. The lowest BCUT2D eigenvalue weighted by Crippen LogP contribution is -2.63. The molecule has 2 fully saturated rings. The molecule has 1 amide bonds. The Labute approximate surface area is 123 Å². The highest BCUT2D eigenvalue weighted by Gasteiger charge is 2.34. The fourth-order valence-corrected chi connectivity index (χ4v) is 2.46. The first-order chi connectivity index (χ1) is 9.53. The van der Waals surface area contributed by atoms with Gasteiger partial charge in [-0.15, -0.1) is 0 Å². The van der Waals surface area contributed by atoms with Crippen LogP contribution in [0.15, 0.2) is 24.9 Å². The molecule has 0 aromatic carbocycles. The number of likely N-dealkylation sites (tertiary alicyclic amines) is 1. The predicted octanol–water partition coefficient (Wildman–Crippen LogP) is 1.95. The number of hydrogen-bond donors (Lipinski definition) is 0. The van der Waals surface area contributed by atoms with E-state index in [1.165, 1.54) is 12.5 Å². The van der Waals surface area contributed by atoms with Crippen molar-refractivity contribution in [3.05, 3.63) is 24.9 Å². The topological polar surface area (TPSA) is 26.8 Å². The molecular formula is C16H29N3O. The molecule has 0 unspecified atom stereocenters. The molecule has 2 heterocycles. The summed E-state index contributed by atoms with van der Waals surface area (Å²) in [7, 11) is 0. The summed E-state index contributed by atoms with van der Waals surface area (Å²) in [5, 5.41) is 0. The molecule has 20 heavy (non-hydrogen) atoms. The van der Waals surface area contributed by atoms with Gasteiger partial charge in [-0.2, -0.15) is 0 Å². The van der Waals surface area contributed by atoms with Crippen molar-refractivity contribution in [1.29, 1.82) is 0 Å². The van der Waals surface area contributed by atoms with Crippen molar-refractivity contribution in [2.45, 2.75) is 33.2 Å². The Morgan fingerprint density at radius 2 is 1.65 bits per heavy atom. The number of amides is 1. The summed E-state index contributed by atoms with van der Waals surface area (Å²) in [5.74, 6) is 0.0572. The largest absolute Gasteiger partial charge is 0.373 e. The first kappa shape index (κ1) is 16.8. The number of rotatable bonds is 3. The summed E-state index contributed by atoms with van der Waals surface area (Å²) in [6, 6.07) is 0.547. The lowest BCUT2D eigenvalue weighted by atomic mass is 10.1. The lowest BCUT2D eigenvalue weighted by molar-refractivity contribution is -0.133. The smallest absolute Gasteiger partial charge is 0.246 e. The van der Waals surface area contributed by atoms with Crippen LogP contribution in [0.4, 0.5) is 0 Å². The third-order valence-electron chi connectivity index (χ3n) is 3.72. The molecule has 0 aliphatic carbocycles. The van der Waals surface area contributed by atoms with Gasteiger partial charge in [0, 0.05) is 51.0 Å². The molecule has 0 bridgehead atoms. The van der Waals surface area contributed by atoms with Crippen LogP contribution in [0.25, 0.3) is 0 Å². The summed E-state index contributed by atoms with van der Waals surface area (Å²) < 4.78 is 0. The molecule has 4 heteroatoms. The molecule has 0 saturated carbocycles. The zero-order valence-corrected chi connectivity index (χ0v) is 13.3. The number of nitrogens with zero attached hydrogens (tertiary/aromatic N) is 3. The second-order valence-electron chi connectivity index (χ2n) is 5.57. The van der Waals surface area contributed by atoms with Crippen molar-refractivity contribution in [1.82, 2.24) is 14.7 Å². The van der Waals surface area contributed by atoms with Crippen LogP contribution in [0, 0.1) is 0 Å². The average molecular weight is 279 g/mol. The van der Waals surface area contributed by atoms with Gasteiger partial charge < -0.3 is 9.80 Å². The summed E-state index contributed by atoms with van der Waals surface area (Å²) >= 11 is 0. The molecule has 0 aromatic rings. The molecule has 2 aliphatic rings. The quantitative estimate of drug-likeness (QED) is 0.739. The van der Waals surface area contributed by atoms with E-state index in [9.17, 15) is 4.79 Å². The minimum atomic E-state index is 0.0572. The van der Waals surface area contributed by atoms with Crippen LogP contribution in [0.1, 0.15) is 27.2 Å². The highest BCUT2D eigenvalue weighted by molar-refractivity contribution is 5.87. The van der Waals surface area contributed by atoms with E-state index in [-0.39, 0.29) is 5.91 Å². The SMILES string of the molecule is C=CC(=O)N1CC(N2CCN(C(=C)C)CC2)C1.CCC. The van der Waals surface area contributed by atoms with Gasteiger partial charge in [0.25, 0.3) is 0 Å². The van der Waals surface area contributed by atoms with E-state index in [2.05, 4.69) is 43.7 Å². The fraction of sp³-hybridized carbons (Fsp3) is 0.688. The molecule has 114 valence electrons. The third-order valence-corrected chi connectivity index (χ3v) is 3.72. The molecule has 4 nitrogen and oxygen atoms in total. The van der Waals surface area contributed by atoms with Crippen molar-refractivity contribution in [3.8, 4) is 0 Å². The number of hydrogen-bond acceptors (Lipinski definition) is 3. The van der Waals surface area contributed by atoms with Crippen molar-refractivity contribution in [3.63, 3.8) is 0 Å². The van der Waals surface area contributed by atoms with E-state index in [1.54, 1.807) is 0 Å². The van der Waals surface area contributed by atoms with Crippen LogP contribution in [0.2, 0.25) is 0 Å². The van der Waals surface area contributed by atoms with E-state index in [4.69, 9.17) is 0 Å². The van der Waals surface area contributed by atoms with Crippen molar-refractivity contribution >= 4 is 5.91 Å². The molecule has 0 radical (unpaired) electrons. The highest BCUT2D eigenvalue weighted by Crippen LogP contribution is 2.18. The van der Waals surface area contributed by atoms with Crippen molar-refractivity contribution < 1.29 is 4.79 Å². The van der Waals surface area contributed by atoms with E-state index in [0.29, 0.717) is 6.04 Å². The van der Waals surface area contributed by atoms with Crippen LogP contribution in [-0.2, 0) is 4.79 Å².